The van der Waals surface area contributed by atoms with E-state index in [4.69, 9.17) is 9.47 Å². The quantitative estimate of drug-likeness (QED) is 0.912. The molecule has 1 saturated heterocycles. The fraction of sp³-hybridized carbons (Fsp3) is 0.579. The van der Waals surface area contributed by atoms with Crippen molar-refractivity contribution < 1.29 is 19.1 Å². The summed E-state index contributed by atoms with van der Waals surface area (Å²) in [6.07, 6.45) is 1.09. The molecule has 1 heterocycles. The number of ether oxygens (including phenoxy) is 2. The van der Waals surface area contributed by atoms with E-state index in [2.05, 4.69) is 5.32 Å². The molecule has 2 fully saturated rings. The Kier molecular flexibility index (Phi) is 4.62. The summed E-state index contributed by atoms with van der Waals surface area (Å²) in [5.74, 6) is 0. The van der Waals surface area contributed by atoms with Gasteiger partial charge in [-0.15, -0.1) is 0 Å². The first kappa shape index (κ1) is 17.6. The lowest BCUT2D eigenvalue weighted by atomic mass is 10.1. The van der Waals surface area contributed by atoms with Gasteiger partial charge in [-0.25, -0.2) is 9.59 Å². The highest BCUT2D eigenvalue weighted by atomic mass is 16.6. The third kappa shape index (κ3) is 4.44. The van der Waals surface area contributed by atoms with Crippen molar-refractivity contribution in [1.29, 1.82) is 0 Å². The average molecular weight is 346 g/mol. The van der Waals surface area contributed by atoms with Crippen molar-refractivity contribution in [1.82, 2.24) is 10.2 Å². The Balaban J connectivity index is 1.43. The van der Waals surface area contributed by atoms with Gasteiger partial charge in [-0.2, -0.15) is 0 Å². The minimum absolute atomic E-state index is 0.0112. The van der Waals surface area contributed by atoms with E-state index < -0.39 is 11.7 Å². The Hall–Kier alpha value is -2.24. The fourth-order valence-corrected chi connectivity index (χ4v) is 3.29. The molecule has 2 aliphatic rings. The summed E-state index contributed by atoms with van der Waals surface area (Å²) in [4.78, 5) is 25.9. The molecule has 1 aromatic carbocycles. The summed E-state index contributed by atoms with van der Waals surface area (Å²) in [6.45, 7) is 7.15. The minimum Gasteiger partial charge on any atom is -0.445 e. The Morgan fingerprint density at radius 1 is 1.28 bits per heavy atom. The second-order valence-corrected chi connectivity index (χ2v) is 7.98. The molecule has 0 unspecified atom stereocenters. The lowest BCUT2D eigenvalue weighted by Gasteiger charge is -2.24. The molecule has 1 aromatic rings. The Morgan fingerprint density at radius 2 is 2.00 bits per heavy atom. The molecule has 1 spiro atoms. The van der Waals surface area contributed by atoms with Gasteiger partial charge in [0.05, 0.1) is 0 Å². The molecule has 136 valence electrons. The van der Waals surface area contributed by atoms with Crippen LogP contribution in [0.4, 0.5) is 9.59 Å². The summed E-state index contributed by atoms with van der Waals surface area (Å²) in [6, 6.07) is 9.66. The number of benzene rings is 1. The zero-order valence-corrected chi connectivity index (χ0v) is 15.1. The molecular weight excluding hydrogens is 320 g/mol. The molecule has 1 N–H and O–H groups in total. The van der Waals surface area contributed by atoms with Gasteiger partial charge in [0.25, 0.3) is 0 Å². The second kappa shape index (κ2) is 6.58. The number of carbonyl (C=O) groups excluding carboxylic acids is 2. The normalized spacial score (nSPS) is 24.9. The van der Waals surface area contributed by atoms with Crippen molar-refractivity contribution in [3.05, 3.63) is 35.9 Å². The van der Waals surface area contributed by atoms with Gasteiger partial charge < -0.3 is 19.7 Å². The van der Waals surface area contributed by atoms with E-state index in [-0.39, 0.29) is 24.2 Å². The molecule has 6 heteroatoms. The topological polar surface area (TPSA) is 67.9 Å². The van der Waals surface area contributed by atoms with Crippen LogP contribution in [-0.4, -0.2) is 41.8 Å². The van der Waals surface area contributed by atoms with Crippen LogP contribution < -0.4 is 5.32 Å². The van der Waals surface area contributed by atoms with Crippen LogP contribution in [0.1, 0.15) is 39.2 Å². The summed E-state index contributed by atoms with van der Waals surface area (Å²) in [5.41, 5.74) is 0.456. The van der Waals surface area contributed by atoms with Crippen LogP contribution in [0.5, 0.6) is 0 Å². The number of hydrogen-bond acceptors (Lipinski definition) is 4. The second-order valence-electron chi connectivity index (χ2n) is 7.98. The molecule has 2 atom stereocenters. The van der Waals surface area contributed by atoms with Gasteiger partial charge in [-0.05, 0) is 39.2 Å². The standard InChI is InChI=1S/C19H26N2O4/c1-18(2,3)25-17(23)21-10-9-19(13-21)11-15(19)20-16(22)24-12-14-7-5-4-6-8-14/h4-8,15H,9-13H2,1-3H3,(H,20,22)/t15-,19-/m0/s1. The molecule has 6 nitrogen and oxygen atoms in total. The molecule has 3 rings (SSSR count). The van der Waals surface area contributed by atoms with E-state index in [0.29, 0.717) is 13.1 Å². The third-order valence-electron chi connectivity index (χ3n) is 4.73. The van der Waals surface area contributed by atoms with Crippen LogP contribution in [-0.2, 0) is 16.1 Å². The molecular formula is C19H26N2O4. The summed E-state index contributed by atoms with van der Waals surface area (Å²) < 4.78 is 10.7. The van der Waals surface area contributed by atoms with Crippen LogP contribution in [0, 0.1) is 5.41 Å². The monoisotopic (exact) mass is 346 g/mol. The molecule has 2 amide bonds. The van der Waals surface area contributed by atoms with Crippen LogP contribution in [0.2, 0.25) is 0 Å². The summed E-state index contributed by atoms with van der Waals surface area (Å²) in [5, 5.41) is 2.92. The lowest BCUT2D eigenvalue weighted by molar-refractivity contribution is 0.0285. The van der Waals surface area contributed by atoms with E-state index in [1.807, 2.05) is 51.1 Å². The highest BCUT2D eigenvalue weighted by Gasteiger charge is 2.59. The number of nitrogens with zero attached hydrogens (tertiary/aromatic N) is 1. The number of rotatable bonds is 3. The lowest BCUT2D eigenvalue weighted by Crippen LogP contribution is -2.36. The highest BCUT2D eigenvalue weighted by molar-refractivity contribution is 5.70. The predicted molar refractivity (Wildman–Crippen MR) is 93.0 cm³/mol. The zero-order chi connectivity index (χ0) is 18.1. The number of nitrogens with one attached hydrogen (secondary N) is 1. The molecule has 0 radical (unpaired) electrons. The maximum absolute atomic E-state index is 12.2. The number of hydrogen-bond donors (Lipinski definition) is 1. The largest absolute Gasteiger partial charge is 0.445 e. The molecule has 0 bridgehead atoms. The fourth-order valence-electron chi connectivity index (χ4n) is 3.29. The molecule has 25 heavy (non-hydrogen) atoms. The van der Waals surface area contributed by atoms with Gasteiger partial charge in [0.1, 0.15) is 12.2 Å². The first-order chi connectivity index (χ1) is 11.8. The Morgan fingerprint density at radius 3 is 2.68 bits per heavy atom. The van der Waals surface area contributed by atoms with Gasteiger partial charge >= 0.3 is 12.2 Å². The zero-order valence-electron chi connectivity index (χ0n) is 15.1. The van der Waals surface area contributed by atoms with Crippen LogP contribution >= 0.6 is 0 Å². The molecule has 1 aliphatic carbocycles. The molecule has 1 saturated carbocycles. The van der Waals surface area contributed by atoms with Gasteiger partial charge in [0, 0.05) is 24.5 Å². The van der Waals surface area contributed by atoms with Gasteiger partial charge in [0.15, 0.2) is 0 Å². The van der Waals surface area contributed by atoms with E-state index in [1.165, 1.54) is 0 Å². The van der Waals surface area contributed by atoms with Crippen LogP contribution in [0.15, 0.2) is 30.3 Å². The Labute approximate surface area is 148 Å². The SMILES string of the molecule is CC(C)(C)OC(=O)N1CC[C@]2(C[C@@H]2NC(=O)OCc2ccccc2)C1. The van der Waals surface area contributed by atoms with Crippen molar-refractivity contribution in [3.63, 3.8) is 0 Å². The number of alkyl carbamates (subject to hydrolysis) is 1. The van der Waals surface area contributed by atoms with Crippen molar-refractivity contribution >= 4 is 12.2 Å². The van der Waals surface area contributed by atoms with Crippen LogP contribution in [0.3, 0.4) is 0 Å². The minimum atomic E-state index is -0.491. The van der Waals surface area contributed by atoms with Crippen molar-refractivity contribution in [3.8, 4) is 0 Å². The first-order valence-corrected chi connectivity index (χ1v) is 8.73. The maximum Gasteiger partial charge on any atom is 0.410 e. The van der Waals surface area contributed by atoms with Crippen LogP contribution in [0.25, 0.3) is 0 Å². The first-order valence-electron chi connectivity index (χ1n) is 8.73. The summed E-state index contributed by atoms with van der Waals surface area (Å²) >= 11 is 0. The highest BCUT2D eigenvalue weighted by Crippen LogP contribution is 2.53. The third-order valence-corrected chi connectivity index (χ3v) is 4.73. The maximum atomic E-state index is 12.2. The predicted octanol–water partition coefficient (Wildman–Crippen LogP) is 3.31. The van der Waals surface area contributed by atoms with Crippen molar-refractivity contribution in [2.75, 3.05) is 13.1 Å². The smallest absolute Gasteiger partial charge is 0.410 e. The van der Waals surface area contributed by atoms with Gasteiger partial charge in [0.2, 0.25) is 0 Å². The molecule has 0 aromatic heterocycles. The van der Waals surface area contributed by atoms with Crippen molar-refractivity contribution in [2.45, 2.75) is 51.9 Å². The van der Waals surface area contributed by atoms with Gasteiger partial charge in [-0.3, -0.25) is 0 Å². The number of amides is 2. The van der Waals surface area contributed by atoms with Crippen molar-refractivity contribution in [2.24, 2.45) is 5.41 Å². The van der Waals surface area contributed by atoms with E-state index in [0.717, 1.165) is 18.4 Å². The average Bonchev–Trinajstić information content (AvgIpc) is 3.00. The van der Waals surface area contributed by atoms with E-state index in [1.54, 1.807) is 4.90 Å². The Bertz CT molecular complexity index is 641. The number of carbonyl (C=O) groups is 2. The van der Waals surface area contributed by atoms with E-state index >= 15 is 0 Å². The summed E-state index contributed by atoms with van der Waals surface area (Å²) in [7, 11) is 0. The number of likely N-dealkylation sites (tertiary alicyclic amines) is 1. The van der Waals surface area contributed by atoms with E-state index in [9.17, 15) is 9.59 Å². The van der Waals surface area contributed by atoms with Gasteiger partial charge in [-0.1, -0.05) is 30.3 Å². The molecule has 1 aliphatic heterocycles.